The lowest BCUT2D eigenvalue weighted by Gasteiger charge is -2.15. The number of ether oxygens (including phenoxy) is 2. The second kappa shape index (κ2) is 8.34. The van der Waals surface area contributed by atoms with Crippen LogP contribution in [-0.2, 0) is 0 Å². The predicted molar refractivity (Wildman–Crippen MR) is 114 cm³/mol. The standard InChI is InChI=1S/C24H27NO3/c1-15(2)14-25-24(26)19-10-18-12-22(27-4)23(28-5)13-21(18)20(11-19)17-8-6-16(3)7-9-17/h6-13,15H,14H2,1-5H3,(H,25,26). The molecular weight excluding hydrogens is 350 g/mol. The summed E-state index contributed by atoms with van der Waals surface area (Å²) in [5, 5.41) is 4.96. The van der Waals surface area contributed by atoms with Gasteiger partial charge in [-0.15, -0.1) is 0 Å². The number of fused-ring (bicyclic) bond motifs is 1. The van der Waals surface area contributed by atoms with Gasteiger partial charge in [0.05, 0.1) is 14.2 Å². The first-order chi connectivity index (χ1) is 13.4. The van der Waals surface area contributed by atoms with Gasteiger partial charge in [-0.25, -0.2) is 0 Å². The fraction of sp³-hybridized carbons (Fsp3) is 0.292. The third-order valence-corrected chi connectivity index (χ3v) is 4.75. The maximum Gasteiger partial charge on any atom is 0.251 e. The van der Waals surface area contributed by atoms with Crippen molar-refractivity contribution in [3.05, 3.63) is 59.7 Å². The van der Waals surface area contributed by atoms with Crippen LogP contribution in [0.15, 0.2) is 48.5 Å². The quantitative estimate of drug-likeness (QED) is 0.641. The largest absolute Gasteiger partial charge is 0.493 e. The molecule has 0 aromatic heterocycles. The highest BCUT2D eigenvalue weighted by Gasteiger charge is 2.15. The van der Waals surface area contributed by atoms with E-state index < -0.39 is 0 Å². The van der Waals surface area contributed by atoms with Gasteiger partial charge in [-0.05, 0) is 59.0 Å². The molecule has 1 N–H and O–H groups in total. The molecule has 0 atom stereocenters. The van der Waals surface area contributed by atoms with E-state index in [0.717, 1.165) is 21.9 Å². The number of hydrogen-bond acceptors (Lipinski definition) is 3. The Morgan fingerprint density at radius 3 is 2.21 bits per heavy atom. The molecule has 0 saturated carbocycles. The molecule has 0 radical (unpaired) electrons. The van der Waals surface area contributed by atoms with Crippen molar-refractivity contribution in [3.8, 4) is 22.6 Å². The van der Waals surface area contributed by atoms with Gasteiger partial charge in [0, 0.05) is 12.1 Å². The van der Waals surface area contributed by atoms with Crippen molar-refractivity contribution in [2.24, 2.45) is 5.92 Å². The molecule has 0 unspecified atom stereocenters. The molecule has 0 aliphatic carbocycles. The molecule has 0 heterocycles. The van der Waals surface area contributed by atoms with Crippen LogP contribution in [0.4, 0.5) is 0 Å². The summed E-state index contributed by atoms with van der Waals surface area (Å²) in [6, 6.07) is 16.1. The molecule has 0 aliphatic heterocycles. The van der Waals surface area contributed by atoms with Crippen LogP contribution in [0.25, 0.3) is 21.9 Å². The third kappa shape index (κ3) is 4.11. The highest BCUT2D eigenvalue weighted by Crippen LogP contribution is 2.38. The lowest BCUT2D eigenvalue weighted by molar-refractivity contribution is 0.0949. The van der Waals surface area contributed by atoms with Crippen molar-refractivity contribution in [2.45, 2.75) is 20.8 Å². The minimum atomic E-state index is -0.0706. The van der Waals surface area contributed by atoms with Gasteiger partial charge in [0.15, 0.2) is 11.5 Å². The minimum absolute atomic E-state index is 0.0706. The number of hydrogen-bond donors (Lipinski definition) is 1. The van der Waals surface area contributed by atoms with Gasteiger partial charge in [-0.1, -0.05) is 43.7 Å². The molecule has 0 spiro atoms. The Kier molecular flexibility index (Phi) is 5.88. The van der Waals surface area contributed by atoms with Gasteiger partial charge < -0.3 is 14.8 Å². The number of benzene rings is 3. The third-order valence-electron chi connectivity index (χ3n) is 4.75. The number of rotatable bonds is 6. The molecular formula is C24H27NO3. The minimum Gasteiger partial charge on any atom is -0.493 e. The molecule has 0 fully saturated rings. The molecule has 0 bridgehead atoms. The number of methoxy groups -OCH3 is 2. The summed E-state index contributed by atoms with van der Waals surface area (Å²) in [7, 11) is 3.24. The molecule has 3 aromatic rings. The maximum absolute atomic E-state index is 12.7. The Balaban J connectivity index is 2.21. The lowest BCUT2D eigenvalue weighted by Crippen LogP contribution is -2.27. The molecule has 28 heavy (non-hydrogen) atoms. The van der Waals surface area contributed by atoms with Crippen LogP contribution in [0.3, 0.4) is 0 Å². The van der Waals surface area contributed by atoms with E-state index in [-0.39, 0.29) is 5.91 Å². The molecule has 0 saturated heterocycles. The first kappa shape index (κ1) is 19.7. The zero-order chi connectivity index (χ0) is 20.3. The average molecular weight is 377 g/mol. The van der Waals surface area contributed by atoms with Gasteiger partial charge in [0.1, 0.15) is 0 Å². The number of carbonyl (C=O) groups is 1. The van der Waals surface area contributed by atoms with Crippen molar-refractivity contribution in [3.63, 3.8) is 0 Å². The summed E-state index contributed by atoms with van der Waals surface area (Å²) in [6.45, 7) is 6.86. The molecule has 146 valence electrons. The second-order valence-electron chi connectivity index (χ2n) is 7.42. The number of nitrogens with one attached hydrogen (secondary N) is 1. The summed E-state index contributed by atoms with van der Waals surface area (Å²) < 4.78 is 11.0. The van der Waals surface area contributed by atoms with E-state index in [2.05, 4.69) is 50.4 Å². The number of amides is 1. The van der Waals surface area contributed by atoms with Crippen molar-refractivity contribution >= 4 is 16.7 Å². The molecule has 1 amide bonds. The Labute approximate surface area is 166 Å². The predicted octanol–water partition coefficient (Wildman–Crippen LogP) is 5.22. The van der Waals surface area contributed by atoms with E-state index in [1.54, 1.807) is 14.2 Å². The molecule has 3 rings (SSSR count). The highest BCUT2D eigenvalue weighted by molar-refractivity contribution is 6.05. The smallest absolute Gasteiger partial charge is 0.251 e. The topological polar surface area (TPSA) is 47.6 Å². The molecule has 4 nitrogen and oxygen atoms in total. The summed E-state index contributed by atoms with van der Waals surface area (Å²) in [5.74, 6) is 1.63. The molecule has 0 aliphatic rings. The van der Waals surface area contributed by atoms with Gasteiger partial charge in [-0.3, -0.25) is 4.79 Å². The van der Waals surface area contributed by atoms with E-state index in [4.69, 9.17) is 9.47 Å². The monoisotopic (exact) mass is 377 g/mol. The van der Waals surface area contributed by atoms with Crippen LogP contribution in [-0.4, -0.2) is 26.7 Å². The summed E-state index contributed by atoms with van der Waals surface area (Å²) in [5.41, 5.74) is 3.88. The van der Waals surface area contributed by atoms with Crippen LogP contribution in [0.1, 0.15) is 29.8 Å². The molecule has 3 aromatic carbocycles. The van der Waals surface area contributed by atoms with E-state index in [9.17, 15) is 4.79 Å². The normalized spacial score (nSPS) is 10.9. The zero-order valence-electron chi connectivity index (χ0n) is 17.1. The summed E-state index contributed by atoms with van der Waals surface area (Å²) >= 11 is 0. The summed E-state index contributed by atoms with van der Waals surface area (Å²) in [6.07, 6.45) is 0. The van der Waals surface area contributed by atoms with E-state index in [1.807, 2.05) is 24.3 Å². The van der Waals surface area contributed by atoms with Gasteiger partial charge in [0.25, 0.3) is 5.91 Å². The highest BCUT2D eigenvalue weighted by atomic mass is 16.5. The van der Waals surface area contributed by atoms with Crippen LogP contribution in [0.2, 0.25) is 0 Å². The van der Waals surface area contributed by atoms with E-state index in [0.29, 0.717) is 29.5 Å². The van der Waals surface area contributed by atoms with Crippen molar-refractivity contribution in [1.29, 1.82) is 0 Å². The zero-order valence-corrected chi connectivity index (χ0v) is 17.1. The summed E-state index contributed by atoms with van der Waals surface area (Å²) in [4.78, 5) is 12.7. The Morgan fingerprint density at radius 2 is 1.61 bits per heavy atom. The van der Waals surface area contributed by atoms with Gasteiger partial charge in [0.2, 0.25) is 0 Å². The Hall–Kier alpha value is -3.01. The van der Waals surface area contributed by atoms with Crippen molar-refractivity contribution in [1.82, 2.24) is 5.32 Å². The van der Waals surface area contributed by atoms with Crippen molar-refractivity contribution in [2.75, 3.05) is 20.8 Å². The van der Waals surface area contributed by atoms with Crippen LogP contribution < -0.4 is 14.8 Å². The SMILES string of the molecule is COc1cc2cc(C(=O)NCC(C)C)cc(-c3ccc(C)cc3)c2cc1OC. The van der Waals surface area contributed by atoms with Gasteiger partial charge in [-0.2, -0.15) is 0 Å². The number of aryl methyl sites for hydroxylation is 1. The number of carbonyl (C=O) groups excluding carboxylic acids is 1. The molecule has 4 heteroatoms. The van der Waals surface area contributed by atoms with E-state index >= 15 is 0 Å². The lowest BCUT2D eigenvalue weighted by atomic mass is 9.94. The fourth-order valence-electron chi connectivity index (χ4n) is 3.19. The average Bonchev–Trinajstić information content (AvgIpc) is 2.70. The maximum atomic E-state index is 12.7. The van der Waals surface area contributed by atoms with Crippen molar-refractivity contribution < 1.29 is 14.3 Å². The fourth-order valence-corrected chi connectivity index (χ4v) is 3.19. The first-order valence-electron chi connectivity index (χ1n) is 9.48. The van der Waals surface area contributed by atoms with Crippen LogP contribution >= 0.6 is 0 Å². The van der Waals surface area contributed by atoms with Gasteiger partial charge >= 0.3 is 0 Å². The van der Waals surface area contributed by atoms with E-state index in [1.165, 1.54) is 5.56 Å². The second-order valence-corrected chi connectivity index (χ2v) is 7.42. The Morgan fingerprint density at radius 1 is 0.964 bits per heavy atom. The first-order valence-corrected chi connectivity index (χ1v) is 9.48. The van der Waals surface area contributed by atoms with Crippen LogP contribution in [0, 0.1) is 12.8 Å². The Bertz CT molecular complexity index is 991. The van der Waals surface area contributed by atoms with Crippen LogP contribution in [0.5, 0.6) is 11.5 Å².